The predicted molar refractivity (Wildman–Crippen MR) is 82.8 cm³/mol. The summed E-state index contributed by atoms with van der Waals surface area (Å²) in [5.41, 5.74) is 4.55. The van der Waals surface area contributed by atoms with E-state index in [1.807, 2.05) is 18.7 Å². The lowest BCUT2D eigenvalue weighted by atomic mass is 10.0. The van der Waals surface area contributed by atoms with Crippen molar-refractivity contribution >= 4 is 15.9 Å². The first-order valence-electron chi connectivity index (χ1n) is 6.57. The van der Waals surface area contributed by atoms with E-state index in [9.17, 15) is 0 Å². The summed E-state index contributed by atoms with van der Waals surface area (Å²) in [5.74, 6) is 0. The summed E-state index contributed by atoms with van der Waals surface area (Å²) in [6.45, 7) is 6.28. The van der Waals surface area contributed by atoms with Crippen LogP contribution in [0.25, 0.3) is 5.69 Å². The van der Waals surface area contributed by atoms with Gasteiger partial charge in [-0.25, -0.2) is 4.68 Å². The molecule has 1 aromatic heterocycles. The molecule has 102 valence electrons. The van der Waals surface area contributed by atoms with Gasteiger partial charge in [-0.3, -0.25) is 0 Å². The van der Waals surface area contributed by atoms with Gasteiger partial charge in [-0.15, -0.1) is 0 Å². The first-order chi connectivity index (χ1) is 9.08. The third-order valence-electron chi connectivity index (χ3n) is 3.48. The number of hydrogen-bond acceptors (Lipinski definition) is 2. The molecule has 0 saturated heterocycles. The van der Waals surface area contributed by atoms with Crippen LogP contribution in [0.3, 0.4) is 0 Å². The quantitative estimate of drug-likeness (QED) is 0.924. The van der Waals surface area contributed by atoms with Crippen molar-refractivity contribution in [3.63, 3.8) is 0 Å². The van der Waals surface area contributed by atoms with Crippen LogP contribution in [0.4, 0.5) is 0 Å². The van der Waals surface area contributed by atoms with Crippen molar-refractivity contribution < 1.29 is 0 Å². The van der Waals surface area contributed by atoms with Crippen LogP contribution in [0, 0.1) is 13.8 Å². The van der Waals surface area contributed by atoms with E-state index in [0.29, 0.717) is 6.04 Å². The monoisotopic (exact) mass is 321 g/mol. The minimum Gasteiger partial charge on any atom is -0.313 e. The Morgan fingerprint density at radius 3 is 2.63 bits per heavy atom. The first kappa shape index (κ1) is 14.3. The lowest BCUT2D eigenvalue weighted by Crippen LogP contribution is -2.15. The zero-order valence-electron chi connectivity index (χ0n) is 11.9. The number of nitrogens with one attached hydrogen (secondary N) is 1. The highest BCUT2D eigenvalue weighted by Gasteiger charge is 2.12. The Morgan fingerprint density at radius 1 is 1.37 bits per heavy atom. The minimum atomic E-state index is 0.389. The van der Waals surface area contributed by atoms with Gasteiger partial charge in [0.15, 0.2) is 0 Å². The average molecular weight is 322 g/mol. The number of aryl methyl sites for hydroxylation is 1. The van der Waals surface area contributed by atoms with Gasteiger partial charge in [0.1, 0.15) is 0 Å². The van der Waals surface area contributed by atoms with Crippen LogP contribution in [-0.2, 0) is 0 Å². The maximum Gasteiger partial charge on any atom is 0.0743 e. The molecular weight excluding hydrogens is 302 g/mol. The predicted octanol–water partition coefficient (Wildman–Crippen LogP) is 3.92. The van der Waals surface area contributed by atoms with Crippen molar-refractivity contribution in [2.24, 2.45) is 0 Å². The van der Waals surface area contributed by atoms with Gasteiger partial charge in [0, 0.05) is 6.04 Å². The van der Waals surface area contributed by atoms with E-state index in [1.165, 1.54) is 5.56 Å². The molecule has 1 atom stereocenters. The summed E-state index contributed by atoms with van der Waals surface area (Å²) in [5, 5.41) is 7.92. The van der Waals surface area contributed by atoms with Crippen molar-refractivity contribution in [3.05, 3.63) is 45.7 Å². The lowest BCUT2D eigenvalue weighted by Gasteiger charge is -2.15. The summed E-state index contributed by atoms with van der Waals surface area (Å²) in [6.07, 6.45) is 1.07. The van der Waals surface area contributed by atoms with E-state index >= 15 is 0 Å². The molecule has 19 heavy (non-hydrogen) atoms. The molecule has 0 aliphatic carbocycles. The maximum absolute atomic E-state index is 4.58. The summed E-state index contributed by atoms with van der Waals surface area (Å²) in [7, 11) is 2.00. The fourth-order valence-electron chi connectivity index (χ4n) is 2.35. The number of hydrogen-bond donors (Lipinski definition) is 1. The van der Waals surface area contributed by atoms with Gasteiger partial charge in [0.25, 0.3) is 0 Å². The lowest BCUT2D eigenvalue weighted by molar-refractivity contribution is 0.576. The second kappa shape index (κ2) is 5.88. The Kier molecular flexibility index (Phi) is 4.42. The third-order valence-corrected chi connectivity index (χ3v) is 4.62. The summed E-state index contributed by atoms with van der Waals surface area (Å²) < 4.78 is 3.07. The van der Waals surface area contributed by atoms with Crippen LogP contribution in [0.2, 0.25) is 0 Å². The molecule has 0 bridgehead atoms. The van der Waals surface area contributed by atoms with Crippen molar-refractivity contribution in [1.82, 2.24) is 15.1 Å². The van der Waals surface area contributed by atoms with E-state index in [4.69, 9.17) is 0 Å². The number of halogens is 1. The van der Waals surface area contributed by atoms with Gasteiger partial charge in [0.2, 0.25) is 0 Å². The number of rotatable bonds is 4. The van der Waals surface area contributed by atoms with Crippen LogP contribution >= 0.6 is 15.9 Å². The molecule has 4 heteroatoms. The zero-order valence-corrected chi connectivity index (χ0v) is 13.5. The van der Waals surface area contributed by atoms with E-state index in [0.717, 1.165) is 28.0 Å². The van der Waals surface area contributed by atoms with E-state index in [2.05, 4.69) is 64.5 Å². The SMILES string of the molecule is CCC(NC)c1cccc(-n2nc(C)c(Br)c2C)c1. The normalized spacial score (nSPS) is 12.7. The van der Waals surface area contributed by atoms with Gasteiger partial charge >= 0.3 is 0 Å². The van der Waals surface area contributed by atoms with Gasteiger partial charge in [-0.05, 0) is 60.9 Å². The fourth-order valence-corrected chi connectivity index (χ4v) is 2.60. The topological polar surface area (TPSA) is 29.9 Å². The molecule has 1 unspecified atom stereocenters. The summed E-state index contributed by atoms with van der Waals surface area (Å²) in [4.78, 5) is 0. The van der Waals surface area contributed by atoms with Crippen LogP contribution < -0.4 is 5.32 Å². The van der Waals surface area contributed by atoms with E-state index in [1.54, 1.807) is 0 Å². The molecule has 2 rings (SSSR count). The van der Waals surface area contributed by atoms with Gasteiger partial charge in [0.05, 0.1) is 21.5 Å². The molecule has 3 nitrogen and oxygen atoms in total. The van der Waals surface area contributed by atoms with Gasteiger partial charge < -0.3 is 5.32 Å². The standard InChI is InChI=1S/C15H20BrN3/c1-5-14(17-4)12-7-6-8-13(9-12)19-11(3)15(16)10(2)18-19/h6-9,14,17H,5H2,1-4H3. The van der Waals surface area contributed by atoms with Crippen LogP contribution in [-0.4, -0.2) is 16.8 Å². The third kappa shape index (κ3) is 2.74. The zero-order chi connectivity index (χ0) is 14.0. The van der Waals surface area contributed by atoms with Crippen LogP contribution in [0.5, 0.6) is 0 Å². The average Bonchev–Trinajstić information content (AvgIpc) is 2.68. The second-order valence-corrected chi connectivity index (χ2v) is 5.53. The minimum absolute atomic E-state index is 0.389. The summed E-state index contributed by atoms with van der Waals surface area (Å²) >= 11 is 3.58. The molecule has 0 fully saturated rings. The van der Waals surface area contributed by atoms with Crippen molar-refractivity contribution in [3.8, 4) is 5.69 Å². The molecule has 2 aromatic rings. The van der Waals surface area contributed by atoms with Crippen LogP contribution in [0.1, 0.15) is 36.3 Å². The Morgan fingerprint density at radius 2 is 2.11 bits per heavy atom. The largest absolute Gasteiger partial charge is 0.313 e. The fraction of sp³-hybridized carbons (Fsp3) is 0.400. The molecule has 0 amide bonds. The summed E-state index contributed by atoms with van der Waals surface area (Å²) in [6, 6.07) is 8.94. The Hall–Kier alpha value is -1.13. The Labute approximate surface area is 123 Å². The molecule has 0 aliphatic heterocycles. The van der Waals surface area contributed by atoms with Crippen molar-refractivity contribution in [2.45, 2.75) is 33.2 Å². The van der Waals surface area contributed by atoms with Crippen molar-refractivity contribution in [1.29, 1.82) is 0 Å². The number of aromatic nitrogens is 2. The highest BCUT2D eigenvalue weighted by molar-refractivity contribution is 9.10. The molecule has 0 saturated carbocycles. The van der Waals surface area contributed by atoms with Crippen molar-refractivity contribution in [2.75, 3.05) is 7.05 Å². The Balaban J connectivity index is 2.46. The number of nitrogens with zero attached hydrogens (tertiary/aromatic N) is 2. The van der Waals surface area contributed by atoms with E-state index < -0.39 is 0 Å². The van der Waals surface area contributed by atoms with Crippen LogP contribution in [0.15, 0.2) is 28.7 Å². The maximum atomic E-state index is 4.58. The highest BCUT2D eigenvalue weighted by Crippen LogP contribution is 2.25. The Bertz CT molecular complexity index is 571. The first-order valence-corrected chi connectivity index (χ1v) is 7.37. The molecule has 0 spiro atoms. The highest BCUT2D eigenvalue weighted by atomic mass is 79.9. The van der Waals surface area contributed by atoms with Gasteiger partial charge in [-0.1, -0.05) is 19.1 Å². The molecule has 1 N–H and O–H groups in total. The van der Waals surface area contributed by atoms with E-state index in [-0.39, 0.29) is 0 Å². The molecule has 0 aliphatic rings. The number of benzene rings is 1. The molecule has 1 heterocycles. The second-order valence-electron chi connectivity index (χ2n) is 4.74. The molecule has 0 radical (unpaired) electrons. The molecule has 1 aromatic carbocycles. The molecular formula is C15H20BrN3. The van der Waals surface area contributed by atoms with Gasteiger partial charge in [-0.2, -0.15) is 5.10 Å². The smallest absolute Gasteiger partial charge is 0.0743 e.